The standard InChI is InChI=1S/C12H9FN2S/c13-10-3-1-2-9(6-10)7-12-15-11(4-5-14)8-16-12/h1-3,6,8H,4,7H2. The van der Waals surface area contributed by atoms with Crippen LogP contribution in [0.5, 0.6) is 0 Å². The lowest BCUT2D eigenvalue weighted by Crippen LogP contribution is -1.89. The van der Waals surface area contributed by atoms with Gasteiger partial charge in [-0.15, -0.1) is 11.3 Å². The van der Waals surface area contributed by atoms with Crippen molar-refractivity contribution in [3.63, 3.8) is 0 Å². The number of benzene rings is 1. The largest absolute Gasteiger partial charge is 0.245 e. The van der Waals surface area contributed by atoms with Crippen molar-refractivity contribution in [1.82, 2.24) is 4.98 Å². The third kappa shape index (κ3) is 2.65. The summed E-state index contributed by atoms with van der Waals surface area (Å²) in [6, 6.07) is 8.54. The summed E-state index contributed by atoms with van der Waals surface area (Å²) in [5, 5.41) is 11.3. The molecule has 2 aromatic rings. The zero-order valence-electron chi connectivity index (χ0n) is 8.48. The van der Waals surface area contributed by atoms with Crippen molar-refractivity contribution < 1.29 is 4.39 Å². The number of rotatable bonds is 3. The molecule has 80 valence electrons. The molecule has 0 aliphatic heterocycles. The summed E-state index contributed by atoms with van der Waals surface area (Å²) >= 11 is 1.51. The number of hydrogen-bond acceptors (Lipinski definition) is 3. The van der Waals surface area contributed by atoms with E-state index in [1.807, 2.05) is 11.4 Å². The van der Waals surface area contributed by atoms with Crippen LogP contribution >= 0.6 is 11.3 Å². The molecule has 0 N–H and O–H groups in total. The van der Waals surface area contributed by atoms with Crippen LogP contribution in [0.3, 0.4) is 0 Å². The highest BCUT2D eigenvalue weighted by molar-refractivity contribution is 7.09. The molecule has 0 atom stereocenters. The van der Waals surface area contributed by atoms with E-state index in [1.54, 1.807) is 6.07 Å². The molecule has 0 saturated heterocycles. The number of hydrogen-bond donors (Lipinski definition) is 0. The van der Waals surface area contributed by atoms with Gasteiger partial charge in [0.1, 0.15) is 5.82 Å². The Morgan fingerprint density at radius 3 is 3.06 bits per heavy atom. The maximum Gasteiger partial charge on any atom is 0.123 e. The van der Waals surface area contributed by atoms with Crippen LogP contribution in [0.2, 0.25) is 0 Å². The monoisotopic (exact) mass is 232 g/mol. The van der Waals surface area contributed by atoms with Crippen LogP contribution in [0.15, 0.2) is 29.6 Å². The molecule has 4 heteroatoms. The lowest BCUT2D eigenvalue weighted by molar-refractivity contribution is 0.626. The highest BCUT2D eigenvalue weighted by Gasteiger charge is 2.03. The summed E-state index contributed by atoms with van der Waals surface area (Å²) < 4.78 is 12.9. The minimum absolute atomic E-state index is 0.230. The van der Waals surface area contributed by atoms with Crippen molar-refractivity contribution in [3.05, 3.63) is 51.7 Å². The SMILES string of the molecule is N#CCc1csc(Cc2cccc(F)c2)n1. The van der Waals surface area contributed by atoms with Gasteiger partial charge in [-0.25, -0.2) is 9.37 Å². The molecule has 0 spiro atoms. The highest BCUT2D eigenvalue weighted by Crippen LogP contribution is 2.15. The van der Waals surface area contributed by atoms with Crippen LogP contribution < -0.4 is 0 Å². The summed E-state index contributed by atoms with van der Waals surface area (Å²) in [6.07, 6.45) is 0.952. The zero-order chi connectivity index (χ0) is 11.4. The molecule has 0 aliphatic rings. The molecule has 2 nitrogen and oxygen atoms in total. The van der Waals surface area contributed by atoms with Gasteiger partial charge >= 0.3 is 0 Å². The third-order valence-corrected chi connectivity index (χ3v) is 3.00. The maximum atomic E-state index is 12.9. The highest BCUT2D eigenvalue weighted by atomic mass is 32.1. The van der Waals surface area contributed by atoms with Gasteiger partial charge in [0.15, 0.2) is 0 Å². The van der Waals surface area contributed by atoms with Gasteiger partial charge in [0, 0.05) is 11.8 Å². The molecular weight excluding hydrogens is 223 g/mol. The average molecular weight is 232 g/mol. The Kier molecular flexibility index (Phi) is 3.28. The first kappa shape index (κ1) is 10.8. The Morgan fingerprint density at radius 1 is 1.44 bits per heavy atom. The lowest BCUT2D eigenvalue weighted by atomic mass is 10.1. The van der Waals surface area contributed by atoms with Crippen molar-refractivity contribution in [1.29, 1.82) is 5.26 Å². The van der Waals surface area contributed by atoms with E-state index in [-0.39, 0.29) is 5.82 Å². The summed E-state index contributed by atoms with van der Waals surface area (Å²) in [4.78, 5) is 4.30. The van der Waals surface area contributed by atoms with Gasteiger partial charge in [0.05, 0.1) is 23.2 Å². The second-order valence-corrected chi connectivity index (χ2v) is 4.32. The van der Waals surface area contributed by atoms with E-state index < -0.39 is 0 Å². The molecule has 0 bridgehead atoms. The molecule has 2 rings (SSSR count). The minimum Gasteiger partial charge on any atom is -0.245 e. The van der Waals surface area contributed by atoms with Gasteiger partial charge in [-0.3, -0.25) is 0 Å². The van der Waals surface area contributed by atoms with Crippen LogP contribution in [0.4, 0.5) is 4.39 Å². The van der Waals surface area contributed by atoms with E-state index in [2.05, 4.69) is 11.1 Å². The Morgan fingerprint density at radius 2 is 2.31 bits per heavy atom. The second kappa shape index (κ2) is 4.86. The fourth-order valence-corrected chi connectivity index (χ4v) is 2.24. The van der Waals surface area contributed by atoms with Gasteiger partial charge in [0.25, 0.3) is 0 Å². The fourth-order valence-electron chi connectivity index (χ4n) is 1.41. The molecule has 0 saturated carbocycles. The molecule has 1 aromatic carbocycles. The fraction of sp³-hybridized carbons (Fsp3) is 0.167. The Balaban J connectivity index is 2.12. The molecule has 0 unspecified atom stereocenters. The number of nitriles is 1. The maximum absolute atomic E-state index is 12.9. The van der Waals surface area contributed by atoms with Crippen molar-refractivity contribution >= 4 is 11.3 Å². The first-order valence-corrected chi connectivity index (χ1v) is 5.70. The van der Waals surface area contributed by atoms with Crippen molar-refractivity contribution in [2.75, 3.05) is 0 Å². The molecular formula is C12H9FN2S. The van der Waals surface area contributed by atoms with E-state index in [1.165, 1.54) is 23.5 Å². The molecule has 0 aliphatic carbocycles. The summed E-state index contributed by atoms with van der Waals surface area (Å²) in [5.74, 6) is -0.230. The van der Waals surface area contributed by atoms with Crippen LogP contribution in [0.1, 0.15) is 16.3 Å². The lowest BCUT2D eigenvalue weighted by Gasteiger charge is -1.97. The third-order valence-electron chi connectivity index (χ3n) is 2.10. The number of aromatic nitrogens is 1. The molecule has 1 aromatic heterocycles. The quantitative estimate of drug-likeness (QED) is 0.815. The Hall–Kier alpha value is -1.73. The first-order valence-electron chi connectivity index (χ1n) is 4.82. The second-order valence-electron chi connectivity index (χ2n) is 3.37. The topological polar surface area (TPSA) is 36.7 Å². The van der Waals surface area contributed by atoms with Gasteiger partial charge < -0.3 is 0 Å². The van der Waals surface area contributed by atoms with E-state index >= 15 is 0 Å². The zero-order valence-corrected chi connectivity index (χ0v) is 9.30. The van der Waals surface area contributed by atoms with Crippen LogP contribution in [0, 0.1) is 17.1 Å². The Bertz CT molecular complexity index is 528. The normalized spacial score (nSPS) is 10.0. The van der Waals surface area contributed by atoms with Gasteiger partial charge in [-0.1, -0.05) is 12.1 Å². The first-order chi connectivity index (χ1) is 7.78. The number of nitrogens with zero attached hydrogens (tertiary/aromatic N) is 2. The predicted octanol–water partition coefficient (Wildman–Crippen LogP) is 2.94. The summed E-state index contributed by atoms with van der Waals surface area (Å²) in [6.45, 7) is 0. The van der Waals surface area contributed by atoms with Crippen molar-refractivity contribution in [3.8, 4) is 6.07 Å². The van der Waals surface area contributed by atoms with Gasteiger partial charge in [0.2, 0.25) is 0 Å². The Labute approximate surface area is 97.0 Å². The van der Waals surface area contributed by atoms with Crippen molar-refractivity contribution in [2.45, 2.75) is 12.8 Å². The minimum atomic E-state index is -0.230. The molecule has 0 fully saturated rings. The molecule has 1 heterocycles. The smallest absolute Gasteiger partial charge is 0.123 e. The van der Waals surface area contributed by atoms with E-state index in [0.29, 0.717) is 12.8 Å². The van der Waals surface area contributed by atoms with Crippen LogP contribution in [-0.4, -0.2) is 4.98 Å². The van der Waals surface area contributed by atoms with E-state index in [4.69, 9.17) is 5.26 Å². The summed E-state index contributed by atoms with van der Waals surface area (Å²) in [5.41, 5.74) is 1.69. The predicted molar refractivity (Wildman–Crippen MR) is 60.6 cm³/mol. The molecule has 0 amide bonds. The van der Waals surface area contributed by atoms with Crippen molar-refractivity contribution in [2.24, 2.45) is 0 Å². The van der Waals surface area contributed by atoms with Crippen LogP contribution in [0.25, 0.3) is 0 Å². The number of thiazole rings is 1. The van der Waals surface area contributed by atoms with E-state index in [9.17, 15) is 4.39 Å². The average Bonchev–Trinajstić information content (AvgIpc) is 2.66. The van der Waals surface area contributed by atoms with Gasteiger partial charge in [-0.05, 0) is 17.7 Å². The summed E-state index contributed by atoms with van der Waals surface area (Å²) in [7, 11) is 0. The van der Waals surface area contributed by atoms with Crippen LogP contribution in [-0.2, 0) is 12.8 Å². The van der Waals surface area contributed by atoms with Gasteiger partial charge in [-0.2, -0.15) is 5.26 Å². The molecule has 16 heavy (non-hydrogen) atoms. The number of halogens is 1. The molecule has 0 radical (unpaired) electrons. The van der Waals surface area contributed by atoms with E-state index in [0.717, 1.165) is 16.3 Å².